The van der Waals surface area contributed by atoms with Crippen LogP contribution in [0.4, 0.5) is 13.6 Å². The summed E-state index contributed by atoms with van der Waals surface area (Å²) in [4.78, 5) is 31.9. The van der Waals surface area contributed by atoms with Gasteiger partial charge in [0.1, 0.15) is 23.1 Å². The molecule has 1 atom stereocenters. The van der Waals surface area contributed by atoms with Gasteiger partial charge in [0.05, 0.1) is 40.7 Å². The zero-order valence-electron chi connectivity index (χ0n) is 24.7. The van der Waals surface area contributed by atoms with Crippen molar-refractivity contribution >= 4 is 42.9 Å². The number of rotatable bonds is 7. The van der Waals surface area contributed by atoms with Crippen molar-refractivity contribution in [2.45, 2.75) is 43.7 Å². The number of hydrogen-bond donors (Lipinski definition) is 1. The van der Waals surface area contributed by atoms with Crippen LogP contribution in [0, 0.1) is 11.6 Å². The summed E-state index contributed by atoms with van der Waals surface area (Å²) in [6.45, 7) is 6.05. The predicted molar refractivity (Wildman–Crippen MR) is 167 cm³/mol. The third-order valence-corrected chi connectivity index (χ3v) is 9.33. The number of aromatic nitrogens is 2. The van der Waals surface area contributed by atoms with E-state index >= 15 is 0 Å². The monoisotopic (exact) mass is 704 g/mol. The van der Waals surface area contributed by atoms with Gasteiger partial charge in [0.25, 0.3) is 5.56 Å². The SMILES string of the molecule is CC(C)(C)OC(=O)NC(Cc1cc(F)cc(F)c1)c1nc2cc(Br)ccc2c(=O)n1-c1ccc(S(=O)(=O)N2CCOCC2)cc1. The van der Waals surface area contributed by atoms with Gasteiger partial charge >= 0.3 is 6.09 Å². The first-order valence-corrected chi connectivity index (χ1v) is 16.3. The van der Waals surface area contributed by atoms with Crippen LogP contribution >= 0.6 is 15.9 Å². The number of carbonyl (C=O) groups excluding carboxylic acids is 1. The fraction of sp³-hybridized carbons (Fsp3) is 0.323. The Labute approximate surface area is 267 Å². The minimum Gasteiger partial charge on any atom is -0.444 e. The van der Waals surface area contributed by atoms with E-state index in [1.165, 1.54) is 33.1 Å². The number of fused-ring (bicyclic) bond motifs is 1. The Morgan fingerprint density at radius 2 is 1.69 bits per heavy atom. The van der Waals surface area contributed by atoms with Gasteiger partial charge < -0.3 is 14.8 Å². The minimum absolute atomic E-state index is 0.0269. The zero-order chi connectivity index (χ0) is 32.5. The van der Waals surface area contributed by atoms with Crippen molar-refractivity contribution in [2.75, 3.05) is 26.3 Å². The molecule has 1 N–H and O–H groups in total. The maximum atomic E-state index is 14.2. The second-order valence-electron chi connectivity index (χ2n) is 11.5. The van der Waals surface area contributed by atoms with Crippen molar-refractivity contribution < 1.29 is 31.5 Å². The van der Waals surface area contributed by atoms with Crippen LogP contribution in [0.2, 0.25) is 0 Å². The van der Waals surface area contributed by atoms with Crippen LogP contribution in [0.25, 0.3) is 16.6 Å². The molecule has 1 fully saturated rings. The molecular formula is C31H31BrF2N4O6S. The largest absolute Gasteiger partial charge is 0.444 e. The molecule has 1 unspecified atom stereocenters. The van der Waals surface area contributed by atoms with E-state index in [-0.39, 0.29) is 60.1 Å². The maximum absolute atomic E-state index is 14.2. The standard InChI is InChI=1S/C31H31BrF2N4O6S/c1-31(2,3)44-30(40)36-27(16-19-14-21(33)18-22(34)15-19)28-35-26-17-20(32)4-9-25(26)29(39)38(28)23-5-7-24(8-6-23)45(41,42)37-10-12-43-13-11-37/h4-9,14-15,17-18,27H,10-13,16H2,1-3H3,(H,36,40). The van der Waals surface area contributed by atoms with Crippen molar-refractivity contribution in [3.63, 3.8) is 0 Å². The van der Waals surface area contributed by atoms with Crippen molar-refractivity contribution in [1.29, 1.82) is 0 Å². The van der Waals surface area contributed by atoms with E-state index in [0.29, 0.717) is 9.99 Å². The van der Waals surface area contributed by atoms with Crippen LogP contribution < -0.4 is 10.9 Å². The second-order valence-corrected chi connectivity index (χ2v) is 14.3. The summed E-state index contributed by atoms with van der Waals surface area (Å²) in [6.07, 6.45) is -1.00. The number of halogens is 3. The molecule has 1 amide bonds. The van der Waals surface area contributed by atoms with E-state index in [0.717, 1.165) is 18.2 Å². The lowest BCUT2D eigenvalue weighted by Gasteiger charge is -2.26. The Morgan fingerprint density at radius 1 is 1.04 bits per heavy atom. The first-order valence-electron chi connectivity index (χ1n) is 14.1. The maximum Gasteiger partial charge on any atom is 0.408 e. The minimum atomic E-state index is -3.82. The summed E-state index contributed by atoms with van der Waals surface area (Å²) < 4.78 is 68.9. The Kier molecular flexibility index (Phi) is 9.40. The van der Waals surface area contributed by atoms with Gasteiger partial charge in [0.15, 0.2) is 0 Å². The molecule has 0 spiro atoms. The molecule has 1 aromatic heterocycles. The van der Waals surface area contributed by atoms with Crippen LogP contribution in [-0.2, 0) is 25.9 Å². The van der Waals surface area contributed by atoms with Crippen LogP contribution in [0.15, 0.2) is 74.8 Å². The molecule has 0 aliphatic carbocycles. The van der Waals surface area contributed by atoms with Gasteiger partial charge in [-0.05, 0) is 80.9 Å². The van der Waals surface area contributed by atoms with Gasteiger partial charge in [-0.1, -0.05) is 15.9 Å². The fourth-order valence-electron chi connectivity index (χ4n) is 4.98. The number of morpholine rings is 1. The Morgan fingerprint density at radius 3 is 2.31 bits per heavy atom. The fourth-order valence-corrected chi connectivity index (χ4v) is 6.74. The lowest BCUT2D eigenvalue weighted by Crippen LogP contribution is -2.40. The Balaban J connectivity index is 1.66. The molecule has 4 aromatic rings. The number of alkyl carbamates (subject to hydrolysis) is 1. The molecule has 1 aliphatic rings. The van der Waals surface area contributed by atoms with E-state index in [4.69, 9.17) is 14.5 Å². The molecule has 10 nitrogen and oxygen atoms in total. The van der Waals surface area contributed by atoms with E-state index in [2.05, 4.69) is 21.2 Å². The van der Waals surface area contributed by atoms with Crippen molar-refractivity contribution in [2.24, 2.45) is 0 Å². The number of ether oxygens (including phenoxy) is 2. The van der Waals surface area contributed by atoms with Crippen molar-refractivity contribution in [1.82, 2.24) is 19.2 Å². The number of nitrogens with one attached hydrogen (secondary N) is 1. The number of hydrogen-bond acceptors (Lipinski definition) is 7. The molecule has 1 saturated heterocycles. The van der Waals surface area contributed by atoms with E-state index < -0.39 is 45.0 Å². The number of sulfonamides is 1. The molecule has 0 saturated carbocycles. The van der Waals surface area contributed by atoms with Crippen LogP contribution in [0.5, 0.6) is 0 Å². The zero-order valence-corrected chi connectivity index (χ0v) is 27.1. The van der Waals surface area contributed by atoms with Crippen LogP contribution in [0.1, 0.15) is 38.2 Å². The highest BCUT2D eigenvalue weighted by Gasteiger charge is 2.29. The summed E-state index contributed by atoms with van der Waals surface area (Å²) in [5.41, 5.74) is -0.630. The van der Waals surface area contributed by atoms with Gasteiger partial charge in [-0.2, -0.15) is 4.31 Å². The van der Waals surface area contributed by atoms with Gasteiger partial charge in [0.2, 0.25) is 10.0 Å². The van der Waals surface area contributed by atoms with E-state index in [9.17, 15) is 26.8 Å². The van der Waals surface area contributed by atoms with Crippen LogP contribution in [0.3, 0.4) is 0 Å². The number of benzene rings is 3. The molecule has 45 heavy (non-hydrogen) atoms. The summed E-state index contributed by atoms with van der Waals surface area (Å²) in [7, 11) is -3.82. The highest BCUT2D eigenvalue weighted by molar-refractivity contribution is 9.10. The molecule has 2 heterocycles. The van der Waals surface area contributed by atoms with Crippen molar-refractivity contribution in [3.8, 4) is 5.69 Å². The number of amides is 1. The lowest BCUT2D eigenvalue weighted by molar-refractivity contribution is 0.0500. The molecule has 0 radical (unpaired) electrons. The summed E-state index contributed by atoms with van der Waals surface area (Å²) in [5.74, 6) is -1.60. The molecule has 238 valence electrons. The Hall–Kier alpha value is -3.72. The van der Waals surface area contributed by atoms with Crippen molar-refractivity contribution in [3.05, 3.63) is 98.5 Å². The van der Waals surface area contributed by atoms with Gasteiger partial charge in [-0.15, -0.1) is 0 Å². The third kappa shape index (κ3) is 7.57. The van der Waals surface area contributed by atoms with E-state index in [1.54, 1.807) is 39.0 Å². The highest BCUT2D eigenvalue weighted by atomic mass is 79.9. The third-order valence-electron chi connectivity index (χ3n) is 6.92. The first-order chi connectivity index (χ1) is 21.2. The number of nitrogens with zero attached hydrogens (tertiary/aromatic N) is 3. The molecule has 1 aliphatic heterocycles. The van der Waals surface area contributed by atoms with E-state index in [1.807, 2.05) is 0 Å². The normalized spacial score (nSPS) is 15.2. The van der Waals surface area contributed by atoms with Gasteiger partial charge in [-0.3, -0.25) is 9.36 Å². The van der Waals surface area contributed by atoms with Gasteiger partial charge in [-0.25, -0.2) is 27.0 Å². The summed E-state index contributed by atoms with van der Waals surface area (Å²) >= 11 is 3.39. The molecule has 5 rings (SSSR count). The molecule has 3 aromatic carbocycles. The lowest BCUT2D eigenvalue weighted by atomic mass is 10.0. The first kappa shape index (κ1) is 32.7. The average Bonchev–Trinajstić information content (AvgIpc) is 2.95. The van der Waals surface area contributed by atoms with Gasteiger partial charge in [0, 0.05) is 30.0 Å². The smallest absolute Gasteiger partial charge is 0.408 e. The predicted octanol–water partition coefficient (Wildman–Crippen LogP) is 5.26. The summed E-state index contributed by atoms with van der Waals surface area (Å²) in [5, 5.41) is 2.97. The quantitative estimate of drug-likeness (QED) is 0.279. The summed E-state index contributed by atoms with van der Waals surface area (Å²) in [6, 6.07) is 12.5. The Bertz CT molecular complexity index is 1890. The molecule has 14 heteroatoms. The second kappa shape index (κ2) is 12.9. The van der Waals surface area contributed by atoms with Crippen LogP contribution in [-0.4, -0.2) is 60.3 Å². The number of carbonyl (C=O) groups is 1. The molecule has 0 bridgehead atoms. The topological polar surface area (TPSA) is 120 Å². The average molecular weight is 706 g/mol. The molecular weight excluding hydrogens is 674 g/mol. The highest BCUT2D eigenvalue weighted by Crippen LogP contribution is 2.26.